The van der Waals surface area contributed by atoms with Crippen molar-refractivity contribution in [2.75, 3.05) is 25.6 Å². The lowest BCUT2D eigenvalue weighted by atomic mass is 10.2. The van der Waals surface area contributed by atoms with Crippen LogP contribution in [0, 0.1) is 6.92 Å². The number of aryl methyl sites for hydroxylation is 1. The van der Waals surface area contributed by atoms with Crippen LogP contribution in [0.5, 0.6) is 0 Å². The summed E-state index contributed by atoms with van der Waals surface area (Å²) in [6.07, 6.45) is 0. The van der Waals surface area contributed by atoms with Gasteiger partial charge in [-0.05, 0) is 31.2 Å². The van der Waals surface area contributed by atoms with Crippen molar-refractivity contribution in [2.24, 2.45) is 0 Å². The standard InChI is InChI=1S/C8H12N2.C7H9N.CH4/c1-10(2)8-5-3-7(9)4-6-8;1-6-2-4-7(8)5-3-6;/h3-6H,9H2,1-2H3;2-5H,8H2,1H3;1H4/p+1. The van der Waals surface area contributed by atoms with Crippen LogP contribution in [0.4, 0.5) is 17.1 Å². The highest BCUT2D eigenvalue weighted by atomic mass is 15.1. The average Bonchev–Trinajstić information content (AvgIpc) is 2.34. The zero-order valence-electron chi connectivity index (χ0n) is 11.3. The minimum atomic E-state index is 0. The number of nitrogens with two attached hydrogens (primary N) is 2. The van der Waals surface area contributed by atoms with Crippen LogP contribution in [-0.2, 0) is 0 Å². The molecule has 19 heavy (non-hydrogen) atoms. The van der Waals surface area contributed by atoms with E-state index in [1.165, 1.54) is 16.2 Å². The van der Waals surface area contributed by atoms with Crippen LogP contribution in [0.15, 0.2) is 48.5 Å². The Kier molecular flexibility index (Phi) is 7.30. The molecule has 2 rings (SSSR count). The average molecular weight is 260 g/mol. The molecule has 2 aromatic carbocycles. The molecule has 3 heteroatoms. The molecule has 0 aliphatic carbocycles. The summed E-state index contributed by atoms with van der Waals surface area (Å²) in [5.41, 5.74) is 15.1. The number of nitrogens with one attached hydrogen (secondary N) is 1. The van der Waals surface area contributed by atoms with Gasteiger partial charge in [0.15, 0.2) is 0 Å². The van der Waals surface area contributed by atoms with Crippen LogP contribution in [0.3, 0.4) is 0 Å². The molecular weight excluding hydrogens is 234 g/mol. The molecule has 0 heterocycles. The largest absolute Gasteiger partial charge is 0.399 e. The van der Waals surface area contributed by atoms with Crippen LogP contribution in [-0.4, -0.2) is 14.1 Å². The number of hydrogen-bond acceptors (Lipinski definition) is 2. The summed E-state index contributed by atoms with van der Waals surface area (Å²) in [7, 11) is 4.18. The van der Waals surface area contributed by atoms with E-state index in [0.29, 0.717) is 0 Å². The predicted octanol–water partition coefficient (Wildman–Crippen LogP) is 2.26. The number of nitrogen functional groups attached to an aromatic ring is 2. The maximum atomic E-state index is 5.52. The molecule has 0 aliphatic heterocycles. The number of rotatable bonds is 1. The van der Waals surface area contributed by atoms with E-state index < -0.39 is 0 Å². The third kappa shape index (κ3) is 6.48. The zero-order valence-corrected chi connectivity index (χ0v) is 11.3. The number of hydrogen-bond donors (Lipinski definition) is 3. The van der Waals surface area contributed by atoms with Crippen molar-refractivity contribution in [3.63, 3.8) is 0 Å². The summed E-state index contributed by atoms with van der Waals surface area (Å²) in [5, 5.41) is 0. The quantitative estimate of drug-likeness (QED) is 0.689. The summed E-state index contributed by atoms with van der Waals surface area (Å²) in [5.74, 6) is 0. The van der Waals surface area contributed by atoms with Crippen molar-refractivity contribution in [2.45, 2.75) is 14.4 Å². The Morgan fingerprint density at radius 1 is 0.737 bits per heavy atom. The maximum absolute atomic E-state index is 5.52. The van der Waals surface area contributed by atoms with Gasteiger partial charge in [0.25, 0.3) is 0 Å². The van der Waals surface area contributed by atoms with Crippen LogP contribution < -0.4 is 16.4 Å². The molecule has 0 spiro atoms. The minimum Gasteiger partial charge on any atom is -0.399 e. The van der Waals surface area contributed by atoms with E-state index in [1.807, 2.05) is 55.5 Å². The predicted molar refractivity (Wildman–Crippen MR) is 85.6 cm³/mol. The van der Waals surface area contributed by atoms with Crippen LogP contribution in [0.2, 0.25) is 0 Å². The fourth-order valence-corrected chi connectivity index (χ4v) is 1.38. The Morgan fingerprint density at radius 2 is 1.11 bits per heavy atom. The smallest absolute Gasteiger partial charge is 0.130 e. The fraction of sp³-hybridized carbons (Fsp3) is 0.250. The number of quaternary nitrogens is 1. The van der Waals surface area contributed by atoms with E-state index in [2.05, 4.69) is 14.1 Å². The first-order valence-corrected chi connectivity index (χ1v) is 5.97. The second-order valence-electron chi connectivity index (χ2n) is 4.53. The Hall–Kier alpha value is -2.00. The van der Waals surface area contributed by atoms with E-state index in [1.54, 1.807) is 0 Å². The summed E-state index contributed by atoms with van der Waals surface area (Å²) in [6, 6.07) is 15.7. The van der Waals surface area contributed by atoms with Gasteiger partial charge < -0.3 is 16.4 Å². The first kappa shape index (κ1) is 17.0. The Bertz CT molecular complexity index is 437. The molecule has 0 saturated carbocycles. The van der Waals surface area contributed by atoms with Crippen molar-refractivity contribution >= 4 is 17.1 Å². The molecule has 5 N–H and O–H groups in total. The van der Waals surface area contributed by atoms with Gasteiger partial charge in [0, 0.05) is 23.5 Å². The molecule has 0 saturated heterocycles. The van der Waals surface area contributed by atoms with Crippen molar-refractivity contribution in [3.8, 4) is 0 Å². The molecule has 0 fully saturated rings. The molecule has 104 valence electrons. The van der Waals surface area contributed by atoms with Crippen molar-refractivity contribution in [1.82, 2.24) is 0 Å². The summed E-state index contributed by atoms with van der Waals surface area (Å²) >= 11 is 0. The highest BCUT2D eigenvalue weighted by molar-refractivity contribution is 5.44. The normalized spacial score (nSPS) is 9.26. The molecule has 0 atom stereocenters. The van der Waals surface area contributed by atoms with Gasteiger partial charge in [-0.2, -0.15) is 0 Å². The van der Waals surface area contributed by atoms with Gasteiger partial charge in [-0.25, -0.2) is 0 Å². The molecule has 0 unspecified atom stereocenters. The number of anilines is 2. The van der Waals surface area contributed by atoms with Gasteiger partial charge in [-0.3, -0.25) is 0 Å². The SMILES string of the molecule is C.C[NH+](C)c1ccc(N)cc1.Cc1ccc(N)cc1. The molecular formula is C16H26N3+. The van der Waals surface area contributed by atoms with E-state index in [0.717, 1.165) is 11.4 Å². The second kappa shape index (κ2) is 8.16. The Morgan fingerprint density at radius 3 is 1.42 bits per heavy atom. The molecule has 0 aliphatic rings. The zero-order chi connectivity index (χ0) is 13.5. The lowest BCUT2D eigenvalue weighted by Gasteiger charge is -2.05. The van der Waals surface area contributed by atoms with E-state index in [-0.39, 0.29) is 7.43 Å². The maximum Gasteiger partial charge on any atom is 0.130 e. The highest BCUT2D eigenvalue weighted by Gasteiger charge is 1.96. The minimum absolute atomic E-state index is 0. The summed E-state index contributed by atoms with van der Waals surface area (Å²) in [6.45, 7) is 2.04. The van der Waals surface area contributed by atoms with Crippen LogP contribution >= 0.6 is 0 Å². The first-order valence-electron chi connectivity index (χ1n) is 5.97. The first-order chi connectivity index (χ1) is 8.49. The lowest BCUT2D eigenvalue weighted by Crippen LogP contribution is -3.00. The highest BCUT2D eigenvalue weighted by Crippen LogP contribution is 2.05. The third-order valence-electron chi connectivity index (χ3n) is 2.57. The fourth-order valence-electron chi connectivity index (χ4n) is 1.38. The Balaban J connectivity index is 0.000000331. The molecule has 2 aromatic rings. The molecule has 0 radical (unpaired) electrons. The van der Waals surface area contributed by atoms with Crippen molar-refractivity contribution in [3.05, 3.63) is 54.1 Å². The van der Waals surface area contributed by atoms with Gasteiger partial charge >= 0.3 is 0 Å². The summed E-state index contributed by atoms with van der Waals surface area (Å²) in [4.78, 5) is 1.32. The number of benzene rings is 2. The van der Waals surface area contributed by atoms with Crippen LogP contribution in [0.1, 0.15) is 13.0 Å². The third-order valence-corrected chi connectivity index (χ3v) is 2.57. The topological polar surface area (TPSA) is 56.5 Å². The molecule has 0 aromatic heterocycles. The van der Waals surface area contributed by atoms with Crippen LogP contribution in [0.25, 0.3) is 0 Å². The van der Waals surface area contributed by atoms with Gasteiger partial charge in [0.2, 0.25) is 0 Å². The van der Waals surface area contributed by atoms with Crippen molar-refractivity contribution in [1.29, 1.82) is 0 Å². The Labute approximate surface area is 116 Å². The van der Waals surface area contributed by atoms with E-state index >= 15 is 0 Å². The van der Waals surface area contributed by atoms with E-state index in [9.17, 15) is 0 Å². The monoisotopic (exact) mass is 260 g/mol. The van der Waals surface area contributed by atoms with Crippen molar-refractivity contribution < 1.29 is 4.90 Å². The van der Waals surface area contributed by atoms with Gasteiger partial charge in [-0.15, -0.1) is 0 Å². The van der Waals surface area contributed by atoms with E-state index in [4.69, 9.17) is 11.5 Å². The molecule has 0 bridgehead atoms. The molecule has 3 nitrogen and oxygen atoms in total. The van der Waals surface area contributed by atoms with Gasteiger partial charge in [0.1, 0.15) is 5.69 Å². The molecule has 0 amide bonds. The van der Waals surface area contributed by atoms with Gasteiger partial charge in [0.05, 0.1) is 14.1 Å². The second-order valence-corrected chi connectivity index (χ2v) is 4.53. The summed E-state index contributed by atoms with van der Waals surface area (Å²) < 4.78 is 0. The lowest BCUT2D eigenvalue weighted by molar-refractivity contribution is -0.786. The van der Waals surface area contributed by atoms with Gasteiger partial charge in [-0.1, -0.05) is 25.1 Å².